The van der Waals surface area contributed by atoms with E-state index in [0.717, 1.165) is 6.61 Å². The van der Waals surface area contributed by atoms with Gasteiger partial charge in [0.2, 0.25) is 0 Å². The van der Waals surface area contributed by atoms with Crippen LogP contribution in [0.1, 0.15) is 12.8 Å². The largest absolute Gasteiger partial charge is 0.376 e. The monoisotopic (exact) mass is 265 g/mol. The maximum absolute atomic E-state index is 5.59. The van der Waals surface area contributed by atoms with Gasteiger partial charge in [0.1, 0.15) is 0 Å². The van der Waals surface area contributed by atoms with Gasteiger partial charge in [0, 0.05) is 25.2 Å². The maximum atomic E-state index is 5.59. The van der Waals surface area contributed by atoms with Gasteiger partial charge < -0.3 is 4.74 Å². The van der Waals surface area contributed by atoms with Gasteiger partial charge in [0.25, 0.3) is 0 Å². The zero-order valence-corrected chi connectivity index (χ0v) is 9.72. The molecule has 1 aliphatic carbocycles. The molecule has 0 spiro atoms. The van der Waals surface area contributed by atoms with Crippen LogP contribution in [-0.4, -0.2) is 17.0 Å². The van der Waals surface area contributed by atoms with E-state index < -0.39 is 0 Å². The van der Waals surface area contributed by atoms with Crippen LogP contribution in [0, 0.1) is 0 Å². The van der Waals surface area contributed by atoms with Crippen LogP contribution in [0.4, 0.5) is 0 Å². The van der Waals surface area contributed by atoms with E-state index in [1.54, 1.807) is 0 Å². The zero-order chi connectivity index (χ0) is 7.73. The molecule has 1 heterocycles. The molecule has 1 aliphatic heterocycles. The molecule has 1 nitrogen and oxygen atoms in total. The van der Waals surface area contributed by atoms with Crippen LogP contribution < -0.4 is 0 Å². The van der Waals surface area contributed by atoms with Crippen LogP contribution in [-0.2, 0) is 23.3 Å². The fourth-order valence-electron chi connectivity index (χ4n) is 1.60. The molecule has 0 saturated carbocycles. The molecule has 0 aromatic carbocycles. The van der Waals surface area contributed by atoms with E-state index in [-0.39, 0.29) is 22.9 Å². The van der Waals surface area contributed by atoms with E-state index in [1.165, 1.54) is 12.8 Å². The van der Waals surface area contributed by atoms with Crippen molar-refractivity contribution in [2.45, 2.75) is 23.3 Å². The second kappa shape index (κ2) is 4.14. The molecule has 0 bridgehead atoms. The van der Waals surface area contributed by atoms with Crippen molar-refractivity contribution in [1.29, 1.82) is 0 Å². The van der Waals surface area contributed by atoms with Gasteiger partial charge in [-0.15, -0.1) is 0 Å². The SMILES string of the molecule is BrC1(C2CCCO2)C=CC=C1.[V]. The Balaban J connectivity index is 0.000000720. The Morgan fingerprint density at radius 2 is 2.00 bits per heavy atom. The summed E-state index contributed by atoms with van der Waals surface area (Å²) in [4.78, 5) is 0. The van der Waals surface area contributed by atoms with E-state index in [1.807, 2.05) is 0 Å². The number of rotatable bonds is 1. The molecule has 1 radical (unpaired) electrons. The molecule has 12 heavy (non-hydrogen) atoms. The molecular weight excluding hydrogens is 255 g/mol. The van der Waals surface area contributed by atoms with Crippen LogP contribution in [0.5, 0.6) is 0 Å². The Labute approximate surface area is 93.3 Å². The van der Waals surface area contributed by atoms with Gasteiger partial charge in [-0.2, -0.15) is 0 Å². The van der Waals surface area contributed by atoms with Gasteiger partial charge in [-0.25, -0.2) is 0 Å². The zero-order valence-electron chi connectivity index (χ0n) is 6.74. The van der Waals surface area contributed by atoms with Gasteiger partial charge in [-0.05, 0) is 12.8 Å². The summed E-state index contributed by atoms with van der Waals surface area (Å²) in [5, 5.41) is 0. The minimum absolute atomic E-state index is 0. The van der Waals surface area contributed by atoms with Gasteiger partial charge in [0.15, 0.2) is 0 Å². The summed E-state index contributed by atoms with van der Waals surface area (Å²) >= 11 is 3.67. The van der Waals surface area contributed by atoms with Gasteiger partial charge >= 0.3 is 0 Å². The maximum Gasteiger partial charge on any atom is 0.0884 e. The average Bonchev–Trinajstić information content (AvgIpc) is 2.55. The summed E-state index contributed by atoms with van der Waals surface area (Å²) in [5.74, 6) is 0. The van der Waals surface area contributed by atoms with Gasteiger partial charge in [-0.1, -0.05) is 40.2 Å². The third kappa shape index (κ3) is 1.87. The molecule has 65 valence electrons. The van der Waals surface area contributed by atoms with Crippen molar-refractivity contribution < 1.29 is 23.3 Å². The Bertz CT molecular complexity index is 195. The predicted octanol–water partition coefficient (Wildman–Crippen LogP) is 2.42. The van der Waals surface area contributed by atoms with Crippen LogP contribution in [0.25, 0.3) is 0 Å². The first-order chi connectivity index (χ1) is 5.31. The van der Waals surface area contributed by atoms with E-state index in [9.17, 15) is 0 Å². The number of hydrogen-bond donors (Lipinski definition) is 0. The van der Waals surface area contributed by atoms with Crippen molar-refractivity contribution in [2.24, 2.45) is 0 Å². The van der Waals surface area contributed by atoms with Crippen molar-refractivity contribution in [2.75, 3.05) is 6.61 Å². The predicted molar refractivity (Wildman–Crippen MR) is 48.9 cm³/mol. The van der Waals surface area contributed by atoms with Crippen LogP contribution in [0.2, 0.25) is 0 Å². The Morgan fingerprint density at radius 1 is 1.33 bits per heavy atom. The van der Waals surface area contributed by atoms with E-state index in [2.05, 4.69) is 40.2 Å². The Hall–Kier alpha value is 0.504. The summed E-state index contributed by atoms with van der Waals surface area (Å²) < 4.78 is 5.59. The fraction of sp³-hybridized carbons (Fsp3) is 0.556. The molecule has 3 heteroatoms. The standard InChI is InChI=1S/C9H11BrO.V/c10-9(5-1-2-6-9)8-4-3-7-11-8;/h1-2,5-6,8H,3-4,7H2;. The number of ether oxygens (including phenoxy) is 1. The molecular formula is C9H11BrOV. The summed E-state index contributed by atoms with van der Waals surface area (Å²) in [7, 11) is 0. The Kier molecular flexibility index (Phi) is 3.65. The Morgan fingerprint density at radius 3 is 2.50 bits per heavy atom. The first kappa shape index (κ1) is 10.6. The number of alkyl halides is 1. The normalized spacial score (nSPS) is 30.6. The molecule has 1 saturated heterocycles. The van der Waals surface area contributed by atoms with Crippen LogP contribution in [0.3, 0.4) is 0 Å². The second-order valence-corrected chi connectivity index (χ2v) is 4.42. The van der Waals surface area contributed by atoms with Crippen molar-refractivity contribution >= 4 is 15.9 Å². The van der Waals surface area contributed by atoms with Crippen molar-refractivity contribution in [3.63, 3.8) is 0 Å². The number of hydrogen-bond acceptors (Lipinski definition) is 1. The smallest absolute Gasteiger partial charge is 0.0884 e. The van der Waals surface area contributed by atoms with Crippen LogP contribution >= 0.6 is 15.9 Å². The summed E-state index contributed by atoms with van der Waals surface area (Å²) in [6.07, 6.45) is 11.1. The minimum Gasteiger partial charge on any atom is -0.376 e. The molecule has 0 aromatic rings. The van der Waals surface area contributed by atoms with Gasteiger partial charge in [-0.3, -0.25) is 0 Å². The molecule has 0 aromatic heterocycles. The van der Waals surface area contributed by atoms with Crippen molar-refractivity contribution in [3.8, 4) is 0 Å². The topological polar surface area (TPSA) is 9.23 Å². The molecule has 1 fully saturated rings. The fourth-order valence-corrected chi connectivity index (χ4v) is 2.27. The summed E-state index contributed by atoms with van der Waals surface area (Å²) in [6.45, 7) is 0.916. The molecule has 0 amide bonds. The molecule has 2 aliphatic rings. The second-order valence-electron chi connectivity index (χ2n) is 3.05. The molecule has 1 atom stereocenters. The summed E-state index contributed by atoms with van der Waals surface area (Å²) in [5.41, 5.74) is 0. The molecule has 0 N–H and O–H groups in total. The average molecular weight is 266 g/mol. The summed E-state index contributed by atoms with van der Waals surface area (Å²) in [6, 6.07) is 0. The quantitative estimate of drug-likeness (QED) is 0.662. The first-order valence-electron chi connectivity index (χ1n) is 3.99. The first-order valence-corrected chi connectivity index (χ1v) is 4.78. The number of halogens is 1. The van der Waals surface area contributed by atoms with Crippen LogP contribution in [0.15, 0.2) is 24.3 Å². The van der Waals surface area contributed by atoms with Gasteiger partial charge in [0.05, 0.1) is 10.4 Å². The third-order valence-corrected chi connectivity index (χ3v) is 3.28. The van der Waals surface area contributed by atoms with E-state index in [0.29, 0.717) is 6.10 Å². The third-order valence-electron chi connectivity index (χ3n) is 2.24. The van der Waals surface area contributed by atoms with E-state index >= 15 is 0 Å². The van der Waals surface area contributed by atoms with E-state index in [4.69, 9.17) is 4.74 Å². The molecule has 2 rings (SSSR count). The minimum atomic E-state index is 0. The number of allylic oxidation sites excluding steroid dienone is 2. The van der Waals surface area contributed by atoms with Crippen molar-refractivity contribution in [1.82, 2.24) is 0 Å². The molecule has 1 unspecified atom stereocenters. The van der Waals surface area contributed by atoms with Crippen molar-refractivity contribution in [3.05, 3.63) is 24.3 Å².